The number of aliphatic hydroxyl groups excluding tert-OH is 1. The molecule has 1 atom stereocenters. The van der Waals surface area contributed by atoms with Gasteiger partial charge in [0.2, 0.25) is 0 Å². The van der Waals surface area contributed by atoms with Crippen molar-refractivity contribution in [1.29, 1.82) is 0 Å². The Bertz CT molecular complexity index is 446. The fourth-order valence-electron chi connectivity index (χ4n) is 2.91. The molecule has 1 unspecified atom stereocenters. The third-order valence-electron chi connectivity index (χ3n) is 4.38. The standard InChI is InChI=1S/C16H26N2O2/c1-12-13(2)16(20-3)5-4-14(12)11-18-8-7-17-10-15(18)6-9-19/h4-5,15,17,19H,6-11H2,1-3H3. The molecule has 1 aromatic rings. The van der Waals surface area contributed by atoms with Gasteiger partial charge in [-0.15, -0.1) is 0 Å². The summed E-state index contributed by atoms with van der Waals surface area (Å²) in [6.07, 6.45) is 0.835. The molecule has 0 aromatic heterocycles. The number of hydrogen-bond donors (Lipinski definition) is 2. The summed E-state index contributed by atoms with van der Waals surface area (Å²) in [4.78, 5) is 2.47. The maximum atomic E-state index is 9.20. The van der Waals surface area contributed by atoms with E-state index in [1.807, 2.05) is 0 Å². The number of ether oxygens (including phenoxy) is 1. The minimum atomic E-state index is 0.253. The van der Waals surface area contributed by atoms with E-state index in [9.17, 15) is 5.11 Å². The Morgan fingerprint density at radius 1 is 1.35 bits per heavy atom. The Kier molecular flexibility index (Phi) is 5.40. The number of aliphatic hydroxyl groups is 1. The van der Waals surface area contributed by atoms with Gasteiger partial charge in [-0.3, -0.25) is 4.90 Å². The highest BCUT2D eigenvalue weighted by Gasteiger charge is 2.22. The van der Waals surface area contributed by atoms with Crippen molar-refractivity contribution in [2.24, 2.45) is 0 Å². The average Bonchev–Trinajstić information content (AvgIpc) is 2.46. The van der Waals surface area contributed by atoms with Crippen LogP contribution in [-0.2, 0) is 6.54 Å². The zero-order chi connectivity index (χ0) is 14.5. The van der Waals surface area contributed by atoms with E-state index >= 15 is 0 Å². The summed E-state index contributed by atoms with van der Waals surface area (Å²) in [5.41, 5.74) is 3.89. The Morgan fingerprint density at radius 2 is 2.15 bits per heavy atom. The molecule has 1 aliphatic rings. The predicted octanol–water partition coefficient (Wildman–Crippen LogP) is 1.47. The molecule has 0 amide bonds. The highest BCUT2D eigenvalue weighted by atomic mass is 16.5. The molecule has 1 heterocycles. The molecule has 0 aliphatic carbocycles. The van der Waals surface area contributed by atoms with Crippen molar-refractivity contribution in [2.75, 3.05) is 33.4 Å². The summed E-state index contributed by atoms with van der Waals surface area (Å²) in [7, 11) is 1.72. The van der Waals surface area contributed by atoms with Crippen molar-refractivity contribution in [3.8, 4) is 5.75 Å². The molecule has 2 N–H and O–H groups in total. The quantitative estimate of drug-likeness (QED) is 0.856. The van der Waals surface area contributed by atoms with Crippen LogP contribution in [-0.4, -0.2) is 49.4 Å². The van der Waals surface area contributed by atoms with E-state index in [0.717, 1.165) is 38.3 Å². The molecule has 1 fully saturated rings. The third-order valence-corrected chi connectivity index (χ3v) is 4.38. The van der Waals surface area contributed by atoms with Crippen LogP contribution in [0, 0.1) is 13.8 Å². The van der Waals surface area contributed by atoms with Gasteiger partial charge in [-0.05, 0) is 43.0 Å². The number of rotatable bonds is 5. The molecule has 0 bridgehead atoms. The zero-order valence-corrected chi connectivity index (χ0v) is 12.8. The maximum absolute atomic E-state index is 9.20. The molecule has 0 spiro atoms. The number of piperazine rings is 1. The number of hydrogen-bond acceptors (Lipinski definition) is 4. The highest BCUT2D eigenvalue weighted by molar-refractivity contribution is 5.43. The van der Waals surface area contributed by atoms with Crippen LogP contribution in [0.5, 0.6) is 5.75 Å². The first-order valence-corrected chi connectivity index (χ1v) is 7.36. The number of nitrogens with zero attached hydrogens (tertiary/aromatic N) is 1. The molecular weight excluding hydrogens is 252 g/mol. The average molecular weight is 278 g/mol. The lowest BCUT2D eigenvalue weighted by molar-refractivity contribution is 0.123. The fourth-order valence-corrected chi connectivity index (χ4v) is 2.91. The van der Waals surface area contributed by atoms with E-state index < -0.39 is 0 Å². The topological polar surface area (TPSA) is 44.7 Å². The number of methoxy groups -OCH3 is 1. The maximum Gasteiger partial charge on any atom is 0.122 e. The van der Waals surface area contributed by atoms with Crippen molar-refractivity contribution in [3.63, 3.8) is 0 Å². The first-order chi connectivity index (χ1) is 9.67. The Labute approximate surface area is 121 Å². The van der Waals surface area contributed by atoms with Crippen molar-refractivity contribution >= 4 is 0 Å². The van der Waals surface area contributed by atoms with E-state index in [1.54, 1.807) is 7.11 Å². The largest absolute Gasteiger partial charge is 0.496 e. The third kappa shape index (κ3) is 3.32. The van der Waals surface area contributed by atoms with Gasteiger partial charge in [-0.2, -0.15) is 0 Å². The molecule has 1 aliphatic heterocycles. The lowest BCUT2D eigenvalue weighted by atomic mass is 10.0. The summed E-state index contributed by atoms with van der Waals surface area (Å²) in [5.74, 6) is 0.957. The monoisotopic (exact) mass is 278 g/mol. The lowest BCUT2D eigenvalue weighted by Crippen LogP contribution is -2.51. The van der Waals surface area contributed by atoms with Crippen LogP contribution in [0.25, 0.3) is 0 Å². The van der Waals surface area contributed by atoms with Gasteiger partial charge in [0.1, 0.15) is 5.75 Å². The molecule has 112 valence electrons. The fraction of sp³-hybridized carbons (Fsp3) is 0.625. The number of nitrogens with one attached hydrogen (secondary N) is 1. The summed E-state index contributed by atoms with van der Waals surface area (Å²) in [6.45, 7) is 8.50. The molecule has 1 saturated heterocycles. The van der Waals surface area contributed by atoms with Crippen LogP contribution in [0.4, 0.5) is 0 Å². The molecule has 20 heavy (non-hydrogen) atoms. The minimum absolute atomic E-state index is 0.253. The Balaban J connectivity index is 2.14. The van der Waals surface area contributed by atoms with Gasteiger partial charge in [0.25, 0.3) is 0 Å². The van der Waals surface area contributed by atoms with Gasteiger partial charge in [0.15, 0.2) is 0 Å². The SMILES string of the molecule is COc1ccc(CN2CCNCC2CCO)c(C)c1C. The Hall–Kier alpha value is -1.10. The molecule has 4 nitrogen and oxygen atoms in total. The summed E-state index contributed by atoms with van der Waals surface area (Å²) in [5, 5.41) is 12.6. The smallest absolute Gasteiger partial charge is 0.122 e. The first kappa shape index (κ1) is 15.3. The highest BCUT2D eigenvalue weighted by Crippen LogP contribution is 2.25. The van der Waals surface area contributed by atoms with E-state index in [1.165, 1.54) is 16.7 Å². The van der Waals surface area contributed by atoms with Crippen LogP contribution in [0.3, 0.4) is 0 Å². The molecule has 0 saturated carbocycles. The van der Waals surface area contributed by atoms with Gasteiger partial charge < -0.3 is 15.2 Å². The normalized spacial score (nSPS) is 20.1. The minimum Gasteiger partial charge on any atom is -0.496 e. The molecule has 1 aromatic carbocycles. The summed E-state index contributed by atoms with van der Waals surface area (Å²) < 4.78 is 5.37. The van der Waals surface area contributed by atoms with Crippen LogP contribution in [0.2, 0.25) is 0 Å². The van der Waals surface area contributed by atoms with E-state index in [0.29, 0.717) is 6.04 Å². The van der Waals surface area contributed by atoms with Gasteiger partial charge in [0, 0.05) is 38.8 Å². The van der Waals surface area contributed by atoms with Crippen molar-refractivity contribution in [2.45, 2.75) is 32.9 Å². The van der Waals surface area contributed by atoms with Crippen LogP contribution >= 0.6 is 0 Å². The second-order valence-corrected chi connectivity index (χ2v) is 5.52. The molecular formula is C16H26N2O2. The second kappa shape index (κ2) is 7.07. The van der Waals surface area contributed by atoms with Crippen molar-refractivity contribution in [1.82, 2.24) is 10.2 Å². The second-order valence-electron chi connectivity index (χ2n) is 5.52. The Morgan fingerprint density at radius 3 is 2.85 bits per heavy atom. The molecule has 2 rings (SSSR count). The van der Waals surface area contributed by atoms with E-state index in [4.69, 9.17) is 4.74 Å². The summed E-state index contributed by atoms with van der Waals surface area (Å²) >= 11 is 0. The van der Waals surface area contributed by atoms with Gasteiger partial charge in [-0.25, -0.2) is 0 Å². The summed E-state index contributed by atoms with van der Waals surface area (Å²) in [6, 6.07) is 4.65. The van der Waals surface area contributed by atoms with Crippen molar-refractivity contribution in [3.05, 3.63) is 28.8 Å². The van der Waals surface area contributed by atoms with Crippen molar-refractivity contribution < 1.29 is 9.84 Å². The lowest BCUT2D eigenvalue weighted by Gasteiger charge is -2.36. The molecule has 4 heteroatoms. The predicted molar refractivity (Wildman–Crippen MR) is 81.2 cm³/mol. The molecule has 0 radical (unpaired) electrons. The van der Waals surface area contributed by atoms with Gasteiger partial charge in [-0.1, -0.05) is 6.07 Å². The van der Waals surface area contributed by atoms with Crippen LogP contribution in [0.1, 0.15) is 23.1 Å². The van der Waals surface area contributed by atoms with Gasteiger partial charge in [0.05, 0.1) is 7.11 Å². The zero-order valence-electron chi connectivity index (χ0n) is 12.8. The van der Waals surface area contributed by atoms with Gasteiger partial charge >= 0.3 is 0 Å². The van der Waals surface area contributed by atoms with Crippen LogP contribution in [0.15, 0.2) is 12.1 Å². The first-order valence-electron chi connectivity index (χ1n) is 7.36. The number of benzene rings is 1. The van der Waals surface area contributed by atoms with E-state index in [2.05, 4.69) is 36.2 Å². The van der Waals surface area contributed by atoms with E-state index in [-0.39, 0.29) is 6.61 Å². The van der Waals surface area contributed by atoms with Crippen LogP contribution < -0.4 is 10.1 Å².